The number of nitrogens with zero attached hydrogens (tertiary/aromatic N) is 4. The zero-order valence-electron chi connectivity index (χ0n) is 14.6. The van der Waals surface area contributed by atoms with E-state index < -0.39 is 0 Å². The van der Waals surface area contributed by atoms with Gasteiger partial charge in [-0.1, -0.05) is 12.6 Å². The normalized spacial score (nSPS) is 13.4. The molecule has 0 amide bonds. The van der Waals surface area contributed by atoms with E-state index in [2.05, 4.69) is 21.4 Å². The Morgan fingerprint density at radius 3 is 2.85 bits per heavy atom. The van der Waals surface area contributed by atoms with Crippen molar-refractivity contribution in [3.05, 3.63) is 83.6 Å². The summed E-state index contributed by atoms with van der Waals surface area (Å²) in [6.07, 6.45) is 4.44. The first kappa shape index (κ1) is 16.4. The van der Waals surface area contributed by atoms with Crippen LogP contribution in [0.2, 0.25) is 0 Å². The summed E-state index contributed by atoms with van der Waals surface area (Å²) < 4.78 is 13.5. The van der Waals surface area contributed by atoms with Crippen molar-refractivity contribution in [3.63, 3.8) is 0 Å². The van der Waals surface area contributed by atoms with Crippen LogP contribution < -0.4 is 0 Å². The van der Waals surface area contributed by atoms with E-state index in [9.17, 15) is 4.39 Å². The van der Waals surface area contributed by atoms with Crippen LogP contribution in [0.5, 0.6) is 0 Å². The average Bonchev–Trinajstić information content (AvgIpc) is 2.69. The minimum Gasteiger partial charge on any atom is -0.367 e. The van der Waals surface area contributed by atoms with Gasteiger partial charge in [-0.05, 0) is 48.4 Å². The molecule has 0 saturated carbocycles. The highest BCUT2D eigenvalue weighted by Crippen LogP contribution is 2.27. The summed E-state index contributed by atoms with van der Waals surface area (Å²) >= 11 is 0. The Hall–Kier alpha value is -3.08. The number of hydrogen-bond acceptors (Lipinski definition) is 4. The van der Waals surface area contributed by atoms with Gasteiger partial charge in [-0.25, -0.2) is 14.4 Å². The Bertz CT molecular complexity index is 969. The van der Waals surface area contributed by atoms with Gasteiger partial charge < -0.3 is 4.90 Å². The molecular formula is C21H19FN4. The molecule has 0 unspecified atom stereocenters. The second-order valence-corrected chi connectivity index (χ2v) is 6.46. The Labute approximate surface area is 152 Å². The summed E-state index contributed by atoms with van der Waals surface area (Å²) in [5.74, 6) is 0.465. The van der Waals surface area contributed by atoms with Crippen LogP contribution >= 0.6 is 0 Å². The van der Waals surface area contributed by atoms with Gasteiger partial charge in [-0.15, -0.1) is 0 Å². The predicted molar refractivity (Wildman–Crippen MR) is 99.5 cm³/mol. The minimum atomic E-state index is -0.194. The van der Waals surface area contributed by atoms with Crippen molar-refractivity contribution < 1.29 is 4.39 Å². The summed E-state index contributed by atoms with van der Waals surface area (Å²) in [5, 5.41) is 0. The van der Waals surface area contributed by atoms with Crippen LogP contribution in [0.4, 0.5) is 4.39 Å². The first-order chi connectivity index (χ1) is 12.6. The molecule has 0 spiro atoms. The number of halogens is 1. The molecule has 0 saturated heterocycles. The van der Waals surface area contributed by atoms with Crippen LogP contribution in [-0.2, 0) is 13.0 Å². The first-order valence-corrected chi connectivity index (χ1v) is 8.58. The lowest BCUT2D eigenvalue weighted by molar-refractivity contribution is 0.369. The standard InChI is InChI=1S/C21H19FN4/c1-14-11-16(6-7-18(14)22)15(2)26-10-8-19-17(13-26)12-24-21(25-19)20-5-3-4-9-23-20/h3-7,9,11-12H,2,8,10,13H2,1H3. The van der Waals surface area contributed by atoms with E-state index in [0.29, 0.717) is 17.9 Å². The number of aromatic nitrogens is 3. The van der Waals surface area contributed by atoms with E-state index in [1.165, 1.54) is 6.07 Å². The maximum Gasteiger partial charge on any atom is 0.178 e. The predicted octanol–water partition coefficient (Wildman–Crippen LogP) is 4.02. The van der Waals surface area contributed by atoms with Crippen molar-refractivity contribution >= 4 is 5.70 Å². The number of hydrogen-bond donors (Lipinski definition) is 0. The molecule has 2 aromatic heterocycles. The van der Waals surface area contributed by atoms with Crippen LogP contribution in [0, 0.1) is 12.7 Å². The Kier molecular flexibility index (Phi) is 4.21. The van der Waals surface area contributed by atoms with Gasteiger partial charge in [0.15, 0.2) is 5.82 Å². The third-order valence-electron chi connectivity index (χ3n) is 4.70. The maximum atomic E-state index is 13.5. The summed E-state index contributed by atoms with van der Waals surface area (Å²) in [6, 6.07) is 10.8. The second kappa shape index (κ2) is 6.67. The monoisotopic (exact) mass is 346 g/mol. The zero-order chi connectivity index (χ0) is 18.1. The molecule has 3 heterocycles. The van der Waals surface area contributed by atoms with E-state index in [1.54, 1.807) is 19.2 Å². The third kappa shape index (κ3) is 3.08. The second-order valence-electron chi connectivity index (χ2n) is 6.46. The zero-order valence-corrected chi connectivity index (χ0v) is 14.6. The number of rotatable bonds is 3. The van der Waals surface area contributed by atoms with Crippen molar-refractivity contribution in [3.8, 4) is 11.5 Å². The summed E-state index contributed by atoms with van der Waals surface area (Å²) in [7, 11) is 0. The highest BCUT2D eigenvalue weighted by Gasteiger charge is 2.21. The van der Waals surface area contributed by atoms with Gasteiger partial charge in [-0.2, -0.15) is 0 Å². The van der Waals surface area contributed by atoms with Crippen LogP contribution in [0.3, 0.4) is 0 Å². The quantitative estimate of drug-likeness (QED) is 0.718. The largest absolute Gasteiger partial charge is 0.367 e. The lowest BCUT2D eigenvalue weighted by atomic mass is 10.0. The van der Waals surface area contributed by atoms with Gasteiger partial charge in [0.2, 0.25) is 0 Å². The van der Waals surface area contributed by atoms with Crippen molar-refractivity contribution in [1.29, 1.82) is 0 Å². The highest BCUT2D eigenvalue weighted by molar-refractivity contribution is 5.63. The molecule has 5 heteroatoms. The van der Waals surface area contributed by atoms with Crippen LogP contribution in [-0.4, -0.2) is 26.4 Å². The van der Waals surface area contributed by atoms with Gasteiger partial charge in [0.1, 0.15) is 11.5 Å². The molecule has 4 nitrogen and oxygen atoms in total. The number of benzene rings is 1. The van der Waals surface area contributed by atoms with Crippen LogP contribution in [0.15, 0.2) is 55.4 Å². The SMILES string of the molecule is C=C(c1ccc(F)c(C)c1)N1CCc2nc(-c3ccccn3)ncc2C1. The Morgan fingerprint density at radius 1 is 1.19 bits per heavy atom. The Balaban J connectivity index is 1.56. The lowest BCUT2D eigenvalue weighted by Gasteiger charge is -2.31. The van der Waals surface area contributed by atoms with E-state index in [0.717, 1.165) is 41.2 Å². The number of pyridine rings is 1. The van der Waals surface area contributed by atoms with E-state index >= 15 is 0 Å². The van der Waals surface area contributed by atoms with E-state index in [4.69, 9.17) is 4.98 Å². The maximum absolute atomic E-state index is 13.5. The van der Waals surface area contributed by atoms with Gasteiger partial charge in [0.05, 0.1) is 5.69 Å². The van der Waals surface area contributed by atoms with Gasteiger partial charge in [0, 0.05) is 43.2 Å². The molecule has 3 aromatic rings. The molecule has 0 fully saturated rings. The number of aryl methyl sites for hydroxylation is 1. The third-order valence-corrected chi connectivity index (χ3v) is 4.70. The van der Waals surface area contributed by atoms with Gasteiger partial charge in [0.25, 0.3) is 0 Å². The first-order valence-electron chi connectivity index (χ1n) is 8.58. The lowest BCUT2D eigenvalue weighted by Crippen LogP contribution is -2.30. The topological polar surface area (TPSA) is 41.9 Å². The van der Waals surface area contributed by atoms with Gasteiger partial charge in [-0.3, -0.25) is 4.98 Å². The smallest absolute Gasteiger partial charge is 0.178 e. The van der Waals surface area contributed by atoms with Crippen LogP contribution in [0.1, 0.15) is 22.4 Å². The summed E-state index contributed by atoms with van der Waals surface area (Å²) in [5.41, 5.74) is 5.40. The van der Waals surface area contributed by atoms with Crippen molar-refractivity contribution in [2.24, 2.45) is 0 Å². The molecule has 26 heavy (non-hydrogen) atoms. The molecule has 4 rings (SSSR count). The van der Waals surface area contributed by atoms with Crippen molar-refractivity contribution in [2.75, 3.05) is 6.54 Å². The summed E-state index contributed by atoms with van der Waals surface area (Å²) in [4.78, 5) is 15.7. The molecule has 1 aliphatic heterocycles. The van der Waals surface area contributed by atoms with E-state index in [1.807, 2.05) is 30.5 Å². The molecule has 1 aromatic carbocycles. The highest BCUT2D eigenvalue weighted by atomic mass is 19.1. The molecule has 0 N–H and O–H groups in total. The van der Waals surface area contributed by atoms with Crippen molar-refractivity contribution in [1.82, 2.24) is 19.9 Å². The molecule has 0 atom stereocenters. The fourth-order valence-electron chi connectivity index (χ4n) is 3.17. The fourth-order valence-corrected chi connectivity index (χ4v) is 3.17. The van der Waals surface area contributed by atoms with Gasteiger partial charge >= 0.3 is 0 Å². The summed E-state index contributed by atoms with van der Waals surface area (Å²) in [6.45, 7) is 7.50. The molecule has 1 aliphatic rings. The molecular weight excluding hydrogens is 327 g/mol. The number of fused-ring (bicyclic) bond motifs is 1. The fraction of sp³-hybridized carbons (Fsp3) is 0.190. The molecule has 0 radical (unpaired) electrons. The van der Waals surface area contributed by atoms with Crippen molar-refractivity contribution in [2.45, 2.75) is 19.9 Å². The minimum absolute atomic E-state index is 0.194. The molecule has 130 valence electrons. The molecule has 0 aliphatic carbocycles. The van der Waals surface area contributed by atoms with E-state index in [-0.39, 0.29) is 5.82 Å². The Morgan fingerprint density at radius 2 is 2.08 bits per heavy atom. The van der Waals surface area contributed by atoms with Crippen LogP contribution in [0.25, 0.3) is 17.2 Å². The average molecular weight is 346 g/mol. The molecule has 0 bridgehead atoms.